The van der Waals surface area contributed by atoms with Crippen LogP contribution in [0.5, 0.6) is 0 Å². The van der Waals surface area contributed by atoms with Crippen LogP contribution in [0, 0.1) is 5.92 Å². The molecule has 1 aromatic rings. The summed E-state index contributed by atoms with van der Waals surface area (Å²) in [6, 6.07) is 6.22. The Labute approximate surface area is 201 Å². The van der Waals surface area contributed by atoms with Gasteiger partial charge in [0, 0.05) is 23.5 Å². The molecule has 0 saturated carbocycles. The largest absolute Gasteiger partial charge is 0.379 e. The molecule has 3 amide bonds. The number of fused-ring (bicyclic) bond motifs is 3. The Balaban J connectivity index is 1.71. The minimum Gasteiger partial charge on any atom is -0.379 e. The number of carbonyl (C=O) groups excluding carboxylic acids is 3. The first-order valence-electron chi connectivity index (χ1n) is 11.9. The second-order valence-corrected chi connectivity index (χ2v) is 11.4. The van der Waals surface area contributed by atoms with Gasteiger partial charge in [0.05, 0.1) is 6.10 Å². The zero-order chi connectivity index (χ0) is 24.3. The summed E-state index contributed by atoms with van der Waals surface area (Å²) in [4.78, 5) is 41.4. The first-order chi connectivity index (χ1) is 15.6. The Morgan fingerprint density at radius 1 is 1.21 bits per heavy atom. The van der Waals surface area contributed by atoms with E-state index < -0.39 is 16.8 Å². The van der Waals surface area contributed by atoms with Crippen molar-refractivity contribution in [3.8, 4) is 0 Å². The third-order valence-electron chi connectivity index (χ3n) is 6.41. The highest BCUT2D eigenvalue weighted by Crippen LogP contribution is 2.56. The maximum atomic E-state index is 13.6. The first-order valence-corrected chi connectivity index (χ1v) is 12.8. The van der Waals surface area contributed by atoms with E-state index in [1.54, 1.807) is 16.7 Å². The average Bonchev–Trinajstić information content (AvgIpc) is 3.20. The van der Waals surface area contributed by atoms with Crippen molar-refractivity contribution in [3.05, 3.63) is 35.4 Å². The summed E-state index contributed by atoms with van der Waals surface area (Å²) in [5, 5.41) is 5.75. The fourth-order valence-electron chi connectivity index (χ4n) is 4.45. The molecule has 0 spiro atoms. The van der Waals surface area contributed by atoms with Crippen LogP contribution in [0.25, 0.3) is 0 Å². The van der Waals surface area contributed by atoms with Crippen molar-refractivity contribution in [2.24, 2.45) is 5.92 Å². The summed E-state index contributed by atoms with van der Waals surface area (Å²) in [5.74, 6) is -0.637. The van der Waals surface area contributed by atoms with Crippen molar-refractivity contribution >= 4 is 29.5 Å². The summed E-state index contributed by atoms with van der Waals surface area (Å²) in [6.07, 6.45) is 1.61. The number of amides is 3. The Bertz CT molecular complexity index is 888. The molecule has 0 bridgehead atoms. The lowest BCUT2D eigenvalue weighted by Gasteiger charge is -2.32. The average molecular weight is 476 g/mol. The first kappa shape index (κ1) is 25.6. The van der Waals surface area contributed by atoms with Crippen molar-refractivity contribution in [1.82, 2.24) is 15.5 Å². The molecule has 2 N–H and O–H groups in total. The molecule has 1 fully saturated rings. The summed E-state index contributed by atoms with van der Waals surface area (Å²) in [6.45, 7) is 13.0. The predicted octanol–water partition coefficient (Wildman–Crippen LogP) is 3.50. The Morgan fingerprint density at radius 3 is 2.58 bits per heavy atom. The summed E-state index contributed by atoms with van der Waals surface area (Å²) < 4.78 is 5.04. The molecule has 0 aliphatic carbocycles. The number of nitrogens with zero attached hydrogens (tertiary/aromatic N) is 1. The Morgan fingerprint density at radius 2 is 1.91 bits per heavy atom. The summed E-state index contributed by atoms with van der Waals surface area (Å²) >= 11 is 1.62. The molecule has 2 heterocycles. The van der Waals surface area contributed by atoms with Gasteiger partial charge in [-0.05, 0) is 51.7 Å². The van der Waals surface area contributed by atoms with Crippen LogP contribution in [0.2, 0.25) is 0 Å². The van der Waals surface area contributed by atoms with Crippen molar-refractivity contribution in [2.75, 3.05) is 13.2 Å². The van der Waals surface area contributed by atoms with Gasteiger partial charge >= 0.3 is 0 Å². The number of hydrogen-bond acceptors (Lipinski definition) is 5. The maximum Gasteiger partial charge on any atom is 0.256 e. The van der Waals surface area contributed by atoms with Gasteiger partial charge in [0.1, 0.15) is 17.5 Å². The summed E-state index contributed by atoms with van der Waals surface area (Å²) in [7, 11) is 0. The van der Waals surface area contributed by atoms with Crippen LogP contribution < -0.4 is 10.6 Å². The van der Waals surface area contributed by atoms with Crippen LogP contribution in [0.15, 0.2) is 24.3 Å². The van der Waals surface area contributed by atoms with E-state index in [1.165, 1.54) is 0 Å². The fourth-order valence-corrected chi connectivity index (χ4v) is 6.04. The van der Waals surface area contributed by atoms with Crippen LogP contribution in [0.4, 0.5) is 0 Å². The number of ether oxygens (including phenoxy) is 1. The van der Waals surface area contributed by atoms with E-state index in [4.69, 9.17) is 4.74 Å². The van der Waals surface area contributed by atoms with Gasteiger partial charge in [0.15, 0.2) is 0 Å². The molecular weight excluding hydrogens is 438 g/mol. The van der Waals surface area contributed by atoms with Crippen LogP contribution >= 0.6 is 11.8 Å². The van der Waals surface area contributed by atoms with Crippen molar-refractivity contribution < 1.29 is 19.1 Å². The fraction of sp³-hybridized carbons (Fsp3) is 0.640. The smallest absolute Gasteiger partial charge is 0.256 e. The quantitative estimate of drug-likeness (QED) is 0.506. The Kier molecular flexibility index (Phi) is 8.11. The monoisotopic (exact) mass is 475 g/mol. The SMILES string of the molecule is CCC(C)[C@H](NC(=O)[C@H]1N2C(=O)c3ccccc3C2SC1(C)C)C(=O)NCCCOC(C)C. The minimum atomic E-state index is -0.661. The Hall–Kier alpha value is -2.06. The van der Waals surface area contributed by atoms with E-state index in [-0.39, 0.29) is 35.1 Å². The number of hydrogen-bond donors (Lipinski definition) is 2. The standard InChI is InChI=1S/C25H37N3O4S/c1-7-16(4)19(21(29)26-13-10-14-32-15(2)3)27-22(30)20-25(5,6)33-24-18-12-9-8-11-17(18)23(31)28(20)24/h8-9,11-12,15-16,19-20,24H,7,10,13-14H2,1-6H3,(H,26,29)(H,27,30)/t16?,19-,20+,24?/m0/s1. The number of carbonyl (C=O) groups is 3. The van der Waals surface area contributed by atoms with Gasteiger partial charge in [-0.3, -0.25) is 14.4 Å². The highest BCUT2D eigenvalue weighted by atomic mass is 32.2. The van der Waals surface area contributed by atoms with Crippen LogP contribution in [-0.4, -0.2) is 58.7 Å². The van der Waals surface area contributed by atoms with Crippen molar-refractivity contribution in [1.29, 1.82) is 0 Å². The zero-order valence-corrected chi connectivity index (χ0v) is 21.3. The van der Waals surface area contributed by atoms with Gasteiger partial charge in [0.25, 0.3) is 5.91 Å². The van der Waals surface area contributed by atoms with E-state index in [0.717, 1.165) is 12.0 Å². The predicted molar refractivity (Wildman–Crippen MR) is 131 cm³/mol. The topological polar surface area (TPSA) is 87.7 Å². The number of thioether (sulfide) groups is 1. The molecule has 2 unspecified atom stereocenters. The maximum absolute atomic E-state index is 13.6. The molecule has 0 aromatic heterocycles. The van der Waals surface area contributed by atoms with Crippen LogP contribution in [0.3, 0.4) is 0 Å². The van der Waals surface area contributed by atoms with Gasteiger partial charge in [-0.2, -0.15) is 0 Å². The highest BCUT2D eigenvalue weighted by molar-refractivity contribution is 8.01. The molecule has 3 rings (SSSR count). The lowest BCUT2D eigenvalue weighted by molar-refractivity contribution is -0.133. The van der Waals surface area contributed by atoms with E-state index in [0.29, 0.717) is 25.1 Å². The number of benzene rings is 1. The normalized spacial score (nSPS) is 22.6. The van der Waals surface area contributed by atoms with E-state index in [9.17, 15) is 14.4 Å². The third kappa shape index (κ3) is 5.38. The van der Waals surface area contributed by atoms with Gasteiger partial charge < -0.3 is 20.3 Å². The van der Waals surface area contributed by atoms with Crippen LogP contribution in [0.1, 0.15) is 75.7 Å². The van der Waals surface area contributed by atoms with E-state index in [1.807, 2.05) is 65.8 Å². The zero-order valence-electron chi connectivity index (χ0n) is 20.5. The second-order valence-electron chi connectivity index (χ2n) is 9.71. The van der Waals surface area contributed by atoms with Crippen molar-refractivity contribution in [3.63, 3.8) is 0 Å². The molecular formula is C25H37N3O4S. The number of rotatable bonds is 10. The van der Waals surface area contributed by atoms with E-state index >= 15 is 0 Å². The molecule has 182 valence electrons. The molecule has 7 nitrogen and oxygen atoms in total. The molecule has 2 aliphatic rings. The van der Waals surface area contributed by atoms with E-state index in [2.05, 4.69) is 10.6 Å². The molecule has 2 aliphatic heterocycles. The van der Waals surface area contributed by atoms with Gasteiger partial charge in [0.2, 0.25) is 11.8 Å². The van der Waals surface area contributed by atoms with Crippen LogP contribution in [-0.2, 0) is 14.3 Å². The summed E-state index contributed by atoms with van der Waals surface area (Å²) in [5.41, 5.74) is 1.61. The highest BCUT2D eigenvalue weighted by Gasteiger charge is 2.57. The molecule has 8 heteroatoms. The second kappa shape index (κ2) is 10.5. The molecule has 1 aromatic carbocycles. The van der Waals surface area contributed by atoms with Gasteiger partial charge in [-0.1, -0.05) is 38.5 Å². The molecule has 4 atom stereocenters. The lowest BCUT2D eigenvalue weighted by atomic mass is 9.95. The lowest BCUT2D eigenvalue weighted by Crippen LogP contribution is -2.58. The molecule has 1 saturated heterocycles. The minimum absolute atomic E-state index is 0.0414. The number of nitrogens with one attached hydrogen (secondary N) is 2. The molecule has 33 heavy (non-hydrogen) atoms. The van der Waals surface area contributed by atoms with Crippen molar-refractivity contribution in [2.45, 2.75) is 82.7 Å². The van der Waals surface area contributed by atoms with Gasteiger partial charge in [-0.15, -0.1) is 11.8 Å². The third-order valence-corrected chi connectivity index (χ3v) is 7.94. The molecule has 0 radical (unpaired) electrons. The van der Waals surface area contributed by atoms with Gasteiger partial charge in [-0.25, -0.2) is 0 Å².